The number of nitrogens with zero attached hydrogens (tertiary/aromatic N) is 6. The minimum atomic E-state index is -0.454. The Morgan fingerprint density at radius 2 is 2.03 bits per heavy atom. The van der Waals surface area contributed by atoms with Crippen molar-refractivity contribution in [3.63, 3.8) is 0 Å². The van der Waals surface area contributed by atoms with Crippen molar-refractivity contribution in [1.29, 1.82) is 0 Å². The highest BCUT2D eigenvalue weighted by atomic mass is 16.6. The van der Waals surface area contributed by atoms with Crippen molar-refractivity contribution in [2.75, 3.05) is 26.2 Å². The second kappa shape index (κ2) is 8.72. The monoisotopic (exact) mass is 428 g/mol. The number of amides is 1. The SMILES string of the molecule is Cc1c(C(=O)N2CCCC2CN2CC(C)OC(C)C2)nnn1-c1cccc([N+](=O)[O-])c1. The second-order valence-electron chi connectivity index (χ2n) is 8.48. The molecule has 0 bridgehead atoms. The number of carbonyl (C=O) groups excluding carboxylic acids is 1. The van der Waals surface area contributed by atoms with E-state index in [0.717, 1.165) is 32.5 Å². The zero-order valence-electron chi connectivity index (χ0n) is 18.1. The molecule has 2 aromatic rings. The zero-order chi connectivity index (χ0) is 22.1. The molecule has 4 rings (SSSR count). The van der Waals surface area contributed by atoms with E-state index in [1.807, 2.05) is 4.90 Å². The maximum absolute atomic E-state index is 13.3. The van der Waals surface area contributed by atoms with E-state index in [1.54, 1.807) is 19.1 Å². The Morgan fingerprint density at radius 3 is 2.74 bits per heavy atom. The maximum atomic E-state index is 13.3. The summed E-state index contributed by atoms with van der Waals surface area (Å²) in [6, 6.07) is 6.28. The molecule has 3 unspecified atom stereocenters. The van der Waals surface area contributed by atoms with Gasteiger partial charge >= 0.3 is 0 Å². The standard InChI is InChI=1S/C21H28N6O4/c1-14-11-24(12-15(2)31-14)13-19-8-5-9-25(19)21(28)20-16(3)26(23-22-20)17-6-4-7-18(10-17)27(29)30/h4,6-7,10,14-15,19H,5,8-9,11-13H2,1-3H3. The molecule has 1 aromatic heterocycles. The molecule has 166 valence electrons. The van der Waals surface area contributed by atoms with Gasteiger partial charge in [0.2, 0.25) is 0 Å². The number of benzene rings is 1. The molecule has 0 radical (unpaired) electrons. The van der Waals surface area contributed by atoms with Crippen molar-refractivity contribution in [3.05, 3.63) is 45.8 Å². The Morgan fingerprint density at radius 1 is 1.29 bits per heavy atom. The lowest BCUT2D eigenvalue weighted by atomic mass is 10.1. The fourth-order valence-corrected chi connectivity index (χ4v) is 4.67. The van der Waals surface area contributed by atoms with Crippen molar-refractivity contribution in [2.24, 2.45) is 0 Å². The van der Waals surface area contributed by atoms with Gasteiger partial charge in [-0.1, -0.05) is 11.3 Å². The lowest BCUT2D eigenvalue weighted by Crippen LogP contribution is -2.51. The van der Waals surface area contributed by atoms with Crippen LogP contribution in [0.2, 0.25) is 0 Å². The van der Waals surface area contributed by atoms with Gasteiger partial charge in [0.25, 0.3) is 11.6 Å². The third-order valence-corrected chi connectivity index (χ3v) is 5.98. The van der Waals surface area contributed by atoms with Crippen LogP contribution in [0.5, 0.6) is 0 Å². The van der Waals surface area contributed by atoms with E-state index in [1.165, 1.54) is 16.8 Å². The molecule has 0 aliphatic carbocycles. The van der Waals surface area contributed by atoms with Crippen LogP contribution in [-0.2, 0) is 4.74 Å². The number of hydrogen-bond donors (Lipinski definition) is 0. The van der Waals surface area contributed by atoms with Gasteiger partial charge in [-0.25, -0.2) is 4.68 Å². The maximum Gasteiger partial charge on any atom is 0.276 e. The lowest BCUT2D eigenvalue weighted by Gasteiger charge is -2.38. The molecule has 2 aliphatic rings. The Bertz CT molecular complexity index is 967. The van der Waals surface area contributed by atoms with Crippen LogP contribution in [0.1, 0.15) is 42.9 Å². The summed E-state index contributed by atoms with van der Waals surface area (Å²) in [5.74, 6) is -0.133. The molecule has 2 aliphatic heterocycles. The number of aromatic nitrogens is 3. The summed E-state index contributed by atoms with van der Waals surface area (Å²) in [4.78, 5) is 28.2. The average molecular weight is 428 g/mol. The van der Waals surface area contributed by atoms with Gasteiger partial charge in [0.15, 0.2) is 5.69 Å². The number of nitro benzene ring substituents is 1. The van der Waals surface area contributed by atoms with Crippen LogP contribution < -0.4 is 0 Å². The van der Waals surface area contributed by atoms with E-state index in [-0.39, 0.29) is 29.8 Å². The molecular weight excluding hydrogens is 400 g/mol. The zero-order valence-corrected chi connectivity index (χ0v) is 18.1. The summed E-state index contributed by atoms with van der Waals surface area (Å²) in [5.41, 5.74) is 1.34. The van der Waals surface area contributed by atoms with E-state index in [4.69, 9.17) is 4.74 Å². The van der Waals surface area contributed by atoms with Gasteiger partial charge in [-0.15, -0.1) is 5.10 Å². The second-order valence-corrected chi connectivity index (χ2v) is 8.48. The van der Waals surface area contributed by atoms with Gasteiger partial charge in [-0.05, 0) is 39.7 Å². The number of ether oxygens (including phenoxy) is 1. The summed E-state index contributed by atoms with van der Waals surface area (Å²) in [6.07, 6.45) is 2.30. The first-order valence-corrected chi connectivity index (χ1v) is 10.7. The molecule has 1 amide bonds. The van der Waals surface area contributed by atoms with Gasteiger partial charge in [0.05, 0.1) is 28.5 Å². The van der Waals surface area contributed by atoms with Gasteiger partial charge in [0.1, 0.15) is 0 Å². The third-order valence-electron chi connectivity index (χ3n) is 5.98. The van der Waals surface area contributed by atoms with Crippen LogP contribution in [0.3, 0.4) is 0 Å². The predicted octanol–water partition coefficient (Wildman–Crippen LogP) is 2.20. The molecule has 31 heavy (non-hydrogen) atoms. The van der Waals surface area contributed by atoms with Crippen molar-refractivity contribution in [1.82, 2.24) is 24.8 Å². The fourth-order valence-electron chi connectivity index (χ4n) is 4.67. The minimum absolute atomic E-state index is 0.0335. The molecule has 0 N–H and O–H groups in total. The number of non-ortho nitro benzene ring substituents is 1. The lowest BCUT2D eigenvalue weighted by molar-refractivity contribution is -0.384. The van der Waals surface area contributed by atoms with Crippen LogP contribution in [0, 0.1) is 17.0 Å². The van der Waals surface area contributed by atoms with Gasteiger partial charge in [0, 0.05) is 44.4 Å². The number of nitro groups is 1. The Balaban J connectivity index is 1.51. The van der Waals surface area contributed by atoms with Crippen LogP contribution >= 0.6 is 0 Å². The Labute approximate surface area is 180 Å². The van der Waals surface area contributed by atoms with E-state index < -0.39 is 4.92 Å². The van der Waals surface area contributed by atoms with E-state index in [2.05, 4.69) is 29.1 Å². The normalized spacial score (nSPS) is 24.5. The first kappa shape index (κ1) is 21.4. The number of rotatable bonds is 5. The number of carbonyl (C=O) groups is 1. The first-order valence-electron chi connectivity index (χ1n) is 10.7. The first-order chi connectivity index (χ1) is 14.8. The average Bonchev–Trinajstić information content (AvgIpc) is 3.33. The van der Waals surface area contributed by atoms with Crippen molar-refractivity contribution in [2.45, 2.75) is 51.9 Å². The Kier molecular flexibility index (Phi) is 6.01. The summed E-state index contributed by atoms with van der Waals surface area (Å²) < 4.78 is 7.31. The van der Waals surface area contributed by atoms with Crippen LogP contribution in [-0.4, -0.2) is 80.1 Å². The number of likely N-dealkylation sites (tertiary alicyclic amines) is 1. The van der Waals surface area contributed by atoms with E-state index in [0.29, 0.717) is 23.6 Å². The summed E-state index contributed by atoms with van der Waals surface area (Å²) >= 11 is 0. The molecular formula is C21H28N6O4. The predicted molar refractivity (Wildman–Crippen MR) is 113 cm³/mol. The summed E-state index contributed by atoms with van der Waals surface area (Å²) in [7, 11) is 0. The van der Waals surface area contributed by atoms with Crippen LogP contribution in [0.4, 0.5) is 5.69 Å². The largest absolute Gasteiger partial charge is 0.373 e. The topological polar surface area (TPSA) is 107 Å². The Hall–Kier alpha value is -2.85. The van der Waals surface area contributed by atoms with Crippen LogP contribution in [0.25, 0.3) is 5.69 Å². The quantitative estimate of drug-likeness (QED) is 0.531. The minimum Gasteiger partial charge on any atom is -0.373 e. The number of morpholine rings is 1. The highest BCUT2D eigenvalue weighted by Gasteiger charge is 2.34. The molecule has 1 aromatic carbocycles. The molecule has 2 saturated heterocycles. The van der Waals surface area contributed by atoms with E-state index in [9.17, 15) is 14.9 Å². The summed E-state index contributed by atoms with van der Waals surface area (Å²) in [5, 5.41) is 19.3. The highest BCUT2D eigenvalue weighted by molar-refractivity contribution is 5.93. The summed E-state index contributed by atoms with van der Waals surface area (Å²) in [6.45, 7) is 9.17. The van der Waals surface area contributed by atoms with Gasteiger partial charge in [-0.3, -0.25) is 19.8 Å². The fraction of sp³-hybridized carbons (Fsp3) is 0.571. The van der Waals surface area contributed by atoms with Crippen molar-refractivity contribution in [3.8, 4) is 5.69 Å². The van der Waals surface area contributed by atoms with Gasteiger partial charge < -0.3 is 9.64 Å². The molecule has 0 saturated carbocycles. The molecule has 10 heteroatoms. The smallest absolute Gasteiger partial charge is 0.276 e. The van der Waals surface area contributed by atoms with E-state index >= 15 is 0 Å². The number of hydrogen-bond acceptors (Lipinski definition) is 7. The molecule has 2 fully saturated rings. The highest BCUT2D eigenvalue weighted by Crippen LogP contribution is 2.24. The molecule has 10 nitrogen and oxygen atoms in total. The van der Waals surface area contributed by atoms with Gasteiger partial charge in [-0.2, -0.15) is 0 Å². The third kappa shape index (κ3) is 4.45. The molecule has 0 spiro atoms. The van der Waals surface area contributed by atoms with Crippen LogP contribution in [0.15, 0.2) is 24.3 Å². The molecule has 3 heterocycles. The molecule has 3 atom stereocenters. The van der Waals surface area contributed by atoms with Crippen molar-refractivity contribution >= 4 is 11.6 Å². The van der Waals surface area contributed by atoms with Crippen molar-refractivity contribution < 1.29 is 14.5 Å².